The van der Waals surface area contributed by atoms with Crippen molar-refractivity contribution < 1.29 is 0 Å². The zero-order valence-corrected chi connectivity index (χ0v) is 12.6. The van der Waals surface area contributed by atoms with Crippen molar-refractivity contribution in [3.63, 3.8) is 0 Å². The highest BCUT2D eigenvalue weighted by Crippen LogP contribution is 2.16. The molecule has 0 amide bonds. The normalized spacial score (nSPS) is 11.2. The molecule has 3 nitrogen and oxygen atoms in total. The van der Waals surface area contributed by atoms with Crippen molar-refractivity contribution in [2.75, 3.05) is 12.8 Å². The van der Waals surface area contributed by atoms with Gasteiger partial charge >= 0.3 is 0 Å². The summed E-state index contributed by atoms with van der Waals surface area (Å²) in [4.78, 5) is 1.27. The average molecular weight is 275 g/mol. The lowest BCUT2D eigenvalue weighted by Gasteiger charge is -2.05. The molecule has 4 heteroatoms. The van der Waals surface area contributed by atoms with Gasteiger partial charge in [0.1, 0.15) is 0 Å². The molecule has 2 aromatic rings. The fraction of sp³-hybridized carbons (Fsp3) is 0.400. The van der Waals surface area contributed by atoms with E-state index in [0.717, 1.165) is 24.5 Å². The van der Waals surface area contributed by atoms with Gasteiger partial charge in [0.25, 0.3) is 0 Å². The number of hydrogen-bond donors (Lipinski definition) is 1. The van der Waals surface area contributed by atoms with E-state index in [0.29, 0.717) is 5.92 Å². The lowest BCUT2D eigenvalue weighted by molar-refractivity contribution is 0.546. The van der Waals surface area contributed by atoms with Gasteiger partial charge in [0.05, 0.1) is 11.4 Å². The molecular weight excluding hydrogens is 254 g/mol. The van der Waals surface area contributed by atoms with E-state index in [9.17, 15) is 0 Å². The molecule has 1 N–H and O–H groups in total. The van der Waals surface area contributed by atoms with Crippen molar-refractivity contribution in [3.05, 3.63) is 42.2 Å². The fourth-order valence-corrected chi connectivity index (χ4v) is 2.23. The molecule has 0 spiro atoms. The molecule has 0 saturated heterocycles. The van der Waals surface area contributed by atoms with Gasteiger partial charge in [-0.15, -0.1) is 11.8 Å². The fourth-order valence-electron chi connectivity index (χ4n) is 1.82. The minimum absolute atomic E-state index is 0.668. The molecule has 0 aliphatic rings. The molecule has 0 aliphatic heterocycles. The highest BCUT2D eigenvalue weighted by Gasteiger charge is 2.02. The first-order chi connectivity index (χ1) is 9.19. The molecule has 1 aromatic heterocycles. The average Bonchev–Trinajstić information content (AvgIpc) is 2.87. The van der Waals surface area contributed by atoms with Crippen LogP contribution in [0.25, 0.3) is 5.69 Å². The van der Waals surface area contributed by atoms with Crippen LogP contribution in [-0.2, 0) is 6.54 Å². The summed E-state index contributed by atoms with van der Waals surface area (Å²) in [6, 6.07) is 10.5. The van der Waals surface area contributed by atoms with Gasteiger partial charge in [0, 0.05) is 17.6 Å². The van der Waals surface area contributed by atoms with Gasteiger partial charge in [0.2, 0.25) is 0 Å². The molecule has 0 radical (unpaired) electrons. The van der Waals surface area contributed by atoms with Crippen molar-refractivity contribution in [2.24, 2.45) is 5.92 Å². The number of rotatable bonds is 6. The molecule has 0 unspecified atom stereocenters. The van der Waals surface area contributed by atoms with Gasteiger partial charge in [-0.05, 0) is 49.1 Å². The maximum absolute atomic E-state index is 4.58. The summed E-state index contributed by atoms with van der Waals surface area (Å²) in [5.74, 6) is 0.668. The second-order valence-corrected chi connectivity index (χ2v) is 5.85. The van der Waals surface area contributed by atoms with E-state index in [1.165, 1.54) is 4.90 Å². The van der Waals surface area contributed by atoms with Gasteiger partial charge < -0.3 is 5.32 Å². The van der Waals surface area contributed by atoms with Gasteiger partial charge in [0.15, 0.2) is 0 Å². The summed E-state index contributed by atoms with van der Waals surface area (Å²) in [7, 11) is 0. The van der Waals surface area contributed by atoms with Crippen LogP contribution in [0.2, 0.25) is 0 Å². The Labute approximate surface area is 119 Å². The van der Waals surface area contributed by atoms with E-state index < -0.39 is 0 Å². The first-order valence-electron chi connectivity index (χ1n) is 6.58. The molecule has 0 atom stereocenters. The maximum Gasteiger partial charge on any atom is 0.0766 e. The zero-order valence-electron chi connectivity index (χ0n) is 11.8. The van der Waals surface area contributed by atoms with Gasteiger partial charge in [-0.25, -0.2) is 4.68 Å². The highest BCUT2D eigenvalue weighted by atomic mass is 32.2. The van der Waals surface area contributed by atoms with Crippen LogP contribution in [-0.4, -0.2) is 22.6 Å². The number of nitrogens with zero attached hydrogens (tertiary/aromatic N) is 2. The van der Waals surface area contributed by atoms with Crippen molar-refractivity contribution in [2.45, 2.75) is 25.3 Å². The third-order valence-electron chi connectivity index (χ3n) is 2.84. The summed E-state index contributed by atoms with van der Waals surface area (Å²) in [5.41, 5.74) is 2.18. The summed E-state index contributed by atoms with van der Waals surface area (Å²) in [6.45, 7) is 6.27. The van der Waals surface area contributed by atoms with E-state index in [-0.39, 0.29) is 0 Å². The summed E-state index contributed by atoms with van der Waals surface area (Å²) < 4.78 is 1.93. The Bertz CT molecular complexity index is 502. The molecule has 19 heavy (non-hydrogen) atoms. The van der Waals surface area contributed by atoms with Crippen molar-refractivity contribution in [3.8, 4) is 5.69 Å². The van der Waals surface area contributed by atoms with Gasteiger partial charge in [-0.1, -0.05) is 13.8 Å². The Morgan fingerprint density at radius 3 is 2.58 bits per heavy atom. The summed E-state index contributed by atoms with van der Waals surface area (Å²) in [6.07, 6.45) is 4.10. The molecule has 2 rings (SSSR count). The second kappa shape index (κ2) is 6.78. The van der Waals surface area contributed by atoms with Gasteiger partial charge in [-0.2, -0.15) is 5.10 Å². The maximum atomic E-state index is 4.58. The first-order valence-corrected chi connectivity index (χ1v) is 7.81. The van der Waals surface area contributed by atoms with Crippen LogP contribution >= 0.6 is 11.8 Å². The Kier molecular flexibility index (Phi) is 5.05. The quantitative estimate of drug-likeness (QED) is 0.820. The Morgan fingerprint density at radius 2 is 1.95 bits per heavy atom. The lowest BCUT2D eigenvalue weighted by atomic mass is 10.2. The second-order valence-electron chi connectivity index (χ2n) is 4.97. The molecule has 1 aromatic carbocycles. The Balaban J connectivity index is 1.99. The third-order valence-corrected chi connectivity index (χ3v) is 3.58. The number of hydrogen-bond acceptors (Lipinski definition) is 3. The summed E-state index contributed by atoms with van der Waals surface area (Å²) in [5, 5.41) is 7.99. The van der Waals surface area contributed by atoms with Crippen molar-refractivity contribution in [1.29, 1.82) is 0 Å². The van der Waals surface area contributed by atoms with E-state index in [1.54, 1.807) is 11.8 Å². The molecular formula is C15H21N3S. The topological polar surface area (TPSA) is 29.9 Å². The first kappa shape index (κ1) is 14.2. The molecule has 0 aliphatic carbocycles. The van der Waals surface area contributed by atoms with E-state index in [2.05, 4.69) is 60.9 Å². The zero-order chi connectivity index (χ0) is 13.7. The number of aromatic nitrogens is 2. The number of nitrogens with one attached hydrogen (secondary N) is 1. The lowest BCUT2D eigenvalue weighted by Crippen LogP contribution is -2.19. The number of thioether (sulfide) groups is 1. The molecule has 0 fully saturated rings. The predicted molar refractivity (Wildman–Crippen MR) is 81.9 cm³/mol. The minimum atomic E-state index is 0.668. The van der Waals surface area contributed by atoms with E-state index in [1.807, 2.05) is 10.9 Å². The number of benzene rings is 1. The van der Waals surface area contributed by atoms with Crippen molar-refractivity contribution >= 4 is 11.8 Å². The van der Waals surface area contributed by atoms with Crippen LogP contribution in [0.1, 0.15) is 19.5 Å². The molecule has 102 valence electrons. The standard InChI is InChI=1S/C15H21N3S/c1-12(2)10-16-11-13-8-9-18(17-13)14-4-6-15(19-3)7-5-14/h4-9,12,16H,10-11H2,1-3H3. The van der Waals surface area contributed by atoms with Crippen LogP contribution in [0.5, 0.6) is 0 Å². The van der Waals surface area contributed by atoms with Crippen LogP contribution in [0.15, 0.2) is 41.4 Å². The summed E-state index contributed by atoms with van der Waals surface area (Å²) >= 11 is 1.75. The predicted octanol–water partition coefficient (Wildman–Crippen LogP) is 3.34. The Morgan fingerprint density at radius 1 is 1.21 bits per heavy atom. The molecule has 0 bridgehead atoms. The van der Waals surface area contributed by atoms with Crippen LogP contribution < -0.4 is 5.32 Å². The third kappa shape index (κ3) is 4.11. The smallest absolute Gasteiger partial charge is 0.0766 e. The van der Waals surface area contributed by atoms with Crippen molar-refractivity contribution in [1.82, 2.24) is 15.1 Å². The molecule has 0 saturated carbocycles. The van der Waals surface area contributed by atoms with Crippen LogP contribution in [0.4, 0.5) is 0 Å². The Hall–Kier alpha value is -1.26. The molecule has 1 heterocycles. The van der Waals surface area contributed by atoms with E-state index in [4.69, 9.17) is 0 Å². The highest BCUT2D eigenvalue weighted by molar-refractivity contribution is 7.98. The van der Waals surface area contributed by atoms with Crippen LogP contribution in [0, 0.1) is 5.92 Å². The van der Waals surface area contributed by atoms with Crippen LogP contribution in [0.3, 0.4) is 0 Å². The van der Waals surface area contributed by atoms with E-state index >= 15 is 0 Å². The SMILES string of the molecule is CSc1ccc(-n2ccc(CNCC(C)C)n2)cc1. The van der Waals surface area contributed by atoms with Gasteiger partial charge in [-0.3, -0.25) is 0 Å². The minimum Gasteiger partial charge on any atom is -0.311 e. The monoisotopic (exact) mass is 275 g/mol. The largest absolute Gasteiger partial charge is 0.311 e.